The van der Waals surface area contributed by atoms with Gasteiger partial charge in [0, 0.05) is 10.6 Å². The van der Waals surface area contributed by atoms with Crippen molar-refractivity contribution in [2.75, 3.05) is 5.75 Å². The maximum Gasteiger partial charge on any atom is 0.116 e. The lowest BCUT2D eigenvalue weighted by Crippen LogP contribution is -2.47. The summed E-state index contributed by atoms with van der Waals surface area (Å²) in [5, 5.41) is 9.56. The van der Waals surface area contributed by atoms with Gasteiger partial charge in [0.1, 0.15) is 5.75 Å². The zero-order chi connectivity index (χ0) is 12.9. The largest absolute Gasteiger partial charge is 0.508 e. The van der Waals surface area contributed by atoms with Crippen LogP contribution in [0.25, 0.3) is 0 Å². The molecule has 0 saturated heterocycles. The van der Waals surface area contributed by atoms with Crippen molar-refractivity contribution in [3.63, 3.8) is 0 Å². The molecule has 4 aliphatic rings. The van der Waals surface area contributed by atoms with E-state index in [0.29, 0.717) is 11.2 Å². The molecule has 0 unspecified atom stereocenters. The van der Waals surface area contributed by atoms with Crippen molar-refractivity contribution in [3.05, 3.63) is 24.3 Å². The molecule has 4 saturated carbocycles. The minimum atomic E-state index is 0.399. The average Bonchev–Trinajstić information content (AvgIpc) is 2.35. The van der Waals surface area contributed by atoms with E-state index in [-0.39, 0.29) is 0 Å². The predicted octanol–water partition coefficient (Wildman–Crippen LogP) is 4.70. The molecule has 0 atom stereocenters. The van der Waals surface area contributed by atoms with Crippen LogP contribution in [-0.4, -0.2) is 10.9 Å². The van der Waals surface area contributed by atoms with E-state index >= 15 is 0 Å². The van der Waals surface area contributed by atoms with Gasteiger partial charge in [-0.2, -0.15) is 0 Å². The second-order valence-electron chi connectivity index (χ2n) is 7.20. The van der Waals surface area contributed by atoms with Gasteiger partial charge in [-0.15, -0.1) is 11.8 Å². The van der Waals surface area contributed by atoms with Crippen LogP contribution in [-0.2, 0) is 0 Å². The number of aromatic hydroxyl groups is 1. The molecule has 0 aliphatic heterocycles. The van der Waals surface area contributed by atoms with Crippen LogP contribution in [0.5, 0.6) is 5.75 Å². The minimum absolute atomic E-state index is 0.399. The van der Waals surface area contributed by atoms with Crippen molar-refractivity contribution < 1.29 is 5.11 Å². The third-order valence-electron chi connectivity index (χ3n) is 5.53. The topological polar surface area (TPSA) is 20.2 Å². The zero-order valence-electron chi connectivity index (χ0n) is 11.3. The summed E-state index contributed by atoms with van der Waals surface area (Å²) in [5.41, 5.74) is 0.630. The van der Waals surface area contributed by atoms with E-state index in [1.165, 1.54) is 49.2 Å². The minimum Gasteiger partial charge on any atom is -0.508 e. The predicted molar refractivity (Wildman–Crippen MR) is 79.4 cm³/mol. The highest BCUT2D eigenvalue weighted by molar-refractivity contribution is 7.99. The lowest BCUT2D eigenvalue weighted by atomic mass is 9.50. The first-order valence-corrected chi connectivity index (χ1v) is 8.61. The molecule has 102 valence electrons. The molecular formula is C17H22OS. The molecule has 0 heterocycles. The quantitative estimate of drug-likeness (QED) is 0.806. The molecule has 2 heteroatoms. The average molecular weight is 274 g/mol. The summed E-state index contributed by atoms with van der Waals surface area (Å²) >= 11 is 1.96. The van der Waals surface area contributed by atoms with E-state index in [1.54, 1.807) is 6.07 Å². The van der Waals surface area contributed by atoms with Gasteiger partial charge in [-0.05, 0) is 79.9 Å². The molecule has 1 aromatic rings. The summed E-state index contributed by atoms with van der Waals surface area (Å²) in [6.07, 6.45) is 9.00. The molecule has 0 amide bonds. The van der Waals surface area contributed by atoms with Crippen LogP contribution in [0.15, 0.2) is 29.2 Å². The van der Waals surface area contributed by atoms with E-state index < -0.39 is 0 Å². The monoisotopic (exact) mass is 274 g/mol. The van der Waals surface area contributed by atoms with Crippen LogP contribution in [0.4, 0.5) is 0 Å². The fourth-order valence-electron chi connectivity index (χ4n) is 5.28. The summed E-state index contributed by atoms with van der Waals surface area (Å²) in [7, 11) is 0. The number of hydrogen-bond acceptors (Lipinski definition) is 2. The normalized spacial score (nSPS) is 39.7. The number of benzene rings is 1. The van der Waals surface area contributed by atoms with Gasteiger partial charge in [0.05, 0.1) is 0 Å². The first-order valence-electron chi connectivity index (χ1n) is 7.63. The molecule has 1 aromatic carbocycles. The molecule has 4 fully saturated rings. The molecule has 0 spiro atoms. The Morgan fingerprint density at radius 2 is 1.68 bits per heavy atom. The summed E-state index contributed by atoms with van der Waals surface area (Å²) in [4.78, 5) is 1.23. The first-order chi connectivity index (χ1) is 9.21. The highest BCUT2D eigenvalue weighted by Gasteiger charge is 2.50. The number of hydrogen-bond donors (Lipinski definition) is 1. The maximum absolute atomic E-state index is 9.56. The van der Waals surface area contributed by atoms with Crippen LogP contribution in [0.2, 0.25) is 0 Å². The Labute approximate surface area is 119 Å². The molecule has 1 nitrogen and oxygen atoms in total. The van der Waals surface area contributed by atoms with Crippen molar-refractivity contribution in [1.82, 2.24) is 0 Å². The SMILES string of the molecule is Oc1cccc(SCC23CC4CC(CC(C4)C2)C3)c1. The lowest BCUT2D eigenvalue weighted by molar-refractivity contribution is -0.0381. The molecule has 1 N–H and O–H groups in total. The number of phenolic OH excluding ortho intramolecular Hbond substituents is 1. The Hall–Kier alpha value is -0.630. The van der Waals surface area contributed by atoms with Gasteiger partial charge in [-0.1, -0.05) is 6.07 Å². The van der Waals surface area contributed by atoms with Gasteiger partial charge in [0.2, 0.25) is 0 Å². The van der Waals surface area contributed by atoms with Gasteiger partial charge in [-0.3, -0.25) is 0 Å². The van der Waals surface area contributed by atoms with Crippen molar-refractivity contribution in [2.45, 2.75) is 43.4 Å². The molecule has 0 radical (unpaired) electrons. The highest BCUT2D eigenvalue weighted by Crippen LogP contribution is 2.61. The zero-order valence-corrected chi connectivity index (χ0v) is 12.2. The number of rotatable bonds is 3. The molecular weight excluding hydrogens is 252 g/mol. The Kier molecular flexibility index (Phi) is 2.84. The van der Waals surface area contributed by atoms with Gasteiger partial charge >= 0.3 is 0 Å². The second-order valence-corrected chi connectivity index (χ2v) is 8.25. The highest BCUT2D eigenvalue weighted by atomic mass is 32.2. The van der Waals surface area contributed by atoms with E-state index in [1.807, 2.05) is 23.9 Å². The van der Waals surface area contributed by atoms with Crippen LogP contribution in [0.1, 0.15) is 38.5 Å². The Balaban J connectivity index is 1.48. The fourth-order valence-corrected chi connectivity index (χ4v) is 6.48. The Bertz CT molecular complexity index is 447. The summed E-state index contributed by atoms with van der Waals surface area (Å²) in [6, 6.07) is 7.75. The van der Waals surface area contributed by atoms with Crippen molar-refractivity contribution in [3.8, 4) is 5.75 Å². The molecule has 4 bridgehead atoms. The molecule has 4 aliphatic carbocycles. The molecule has 0 aromatic heterocycles. The standard InChI is InChI=1S/C17H22OS/c18-15-2-1-3-16(7-15)19-11-17-8-12-4-13(9-17)6-14(5-12)10-17/h1-3,7,12-14,18H,4-6,8-11H2. The van der Waals surface area contributed by atoms with Gasteiger partial charge in [0.25, 0.3) is 0 Å². The van der Waals surface area contributed by atoms with Crippen LogP contribution in [0, 0.1) is 23.2 Å². The summed E-state index contributed by atoms with van der Waals surface area (Å²) < 4.78 is 0. The summed E-state index contributed by atoms with van der Waals surface area (Å²) in [6.45, 7) is 0. The smallest absolute Gasteiger partial charge is 0.116 e. The second kappa shape index (κ2) is 4.44. The molecule has 5 rings (SSSR count). The number of thioether (sulfide) groups is 1. The van der Waals surface area contributed by atoms with Crippen LogP contribution >= 0.6 is 11.8 Å². The summed E-state index contributed by atoms with van der Waals surface area (Å²) in [5.74, 6) is 4.78. The number of phenols is 1. The Morgan fingerprint density at radius 1 is 1.05 bits per heavy atom. The Morgan fingerprint density at radius 3 is 2.26 bits per heavy atom. The molecule has 19 heavy (non-hydrogen) atoms. The van der Waals surface area contributed by atoms with E-state index in [9.17, 15) is 5.11 Å². The third-order valence-corrected chi connectivity index (χ3v) is 6.87. The van der Waals surface area contributed by atoms with E-state index in [4.69, 9.17) is 0 Å². The van der Waals surface area contributed by atoms with Gasteiger partial charge in [0.15, 0.2) is 0 Å². The lowest BCUT2D eigenvalue weighted by Gasteiger charge is -2.56. The fraction of sp³-hybridized carbons (Fsp3) is 0.647. The van der Waals surface area contributed by atoms with Gasteiger partial charge in [-0.25, -0.2) is 0 Å². The first kappa shape index (κ1) is 12.1. The van der Waals surface area contributed by atoms with Crippen molar-refractivity contribution in [1.29, 1.82) is 0 Å². The third kappa shape index (κ3) is 2.29. The maximum atomic E-state index is 9.56. The van der Waals surface area contributed by atoms with E-state index in [0.717, 1.165) is 17.8 Å². The van der Waals surface area contributed by atoms with Crippen LogP contribution < -0.4 is 0 Å². The van der Waals surface area contributed by atoms with Crippen molar-refractivity contribution >= 4 is 11.8 Å². The van der Waals surface area contributed by atoms with Gasteiger partial charge < -0.3 is 5.11 Å². The van der Waals surface area contributed by atoms with E-state index in [2.05, 4.69) is 6.07 Å². The van der Waals surface area contributed by atoms with Crippen LogP contribution in [0.3, 0.4) is 0 Å². The van der Waals surface area contributed by atoms with Crippen molar-refractivity contribution in [2.24, 2.45) is 23.2 Å².